The number of benzene rings is 1. The van der Waals surface area contributed by atoms with Gasteiger partial charge in [-0.2, -0.15) is 10.4 Å². The average Bonchev–Trinajstić information content (AvgIpc) is 3.37. The Bertz CT molecular complexity index is 1290. The van der Waals surface area contributed by atoms with Crippen LogP contribution >= 0.6 is 0 Å². The van der Waals surface area contributed by atoms with Crippen LogP contribution in [0.4, 0.5) is 16.2 Å². The van der Waals surface area contributed by atoms with Crippen LogP contribution in [0.5, 0.6) is 0 Å². The van der Waals surface area contributed by atoms with Crippen molar-refractivity contribution in [2.24, 2.45) is 5.92 Å². The minimum absolute atomic E-state index is 0.00775. The summed E-state index contributed by atoms with van der Waals surface area (Å²) in [7, 11) is 0. The van der Waals surface area contributed by atoms with Gasteiger partial charge in [0.1, 0.15) is 0 Å². The van der Waals surface area contributed by atoms with E-state index in [0.29, 0.717) is 26.2 Å². The van der Waals surface area contributed by atoms with Gasteiger partial charge in [-0.1, -0.05) is 19.1 Å². The predicted molar refractivity (Wildman–Crippen MR) is 145 cm³/mol. The molecular formula is C28H34N8O. The topological polar surface area (TPSA) is 74.4 Å². The number of aromatic nitrogens is 2. The molecule has 0 bridgehead atoms. The first-order valence-corrected chi connectivity index (χ1v) is 13.4. The van der Waals surface area contributed by atoms with E-state index in [1.54, 1.807) is 4.90 Å². The zero-order chi connectivity index (χ0) is 25.4. The van der Waals surface area contributed by atoms with Crippen molar-refractivity contribution >= 4 is 22.9 Å². The summed E-state index contributed by atoms with van der Waals surface area (Å²) in [5, 5.41) is 13.5. The zero-order valence-electron chi connectivity index (χ0n) is 21.5. The first-order chi connectivity index (χ1) is 18.1. The Balaban J connectivity index is 1.13. The number of hydrogen-bond acceptors (Lipinski definition) is 6. The molecule has 0 N–H and O–H groups in total. The predicted octanol–water partition coefficient (Wildman–Crippen LogP) is 2.84. The molecule has 5 heterocycles. The molecule has 3 aromatic rings. The second-order valence-corrected chi connectivity index (χ2v) is 10.2. The Morgan fingerprint density at radius 1 is 0.919 bits per heavy atom. The van der Waals surface area contributed by atoms with Gasteiger partial charge in [0.05, 0.1) is 23.2 Å². The third-order valence-electron chi connectivity index (χ3n) is 8.10. The summed E-state index contributed by atoms with van der Waals surface area (Å²) in [6, 6.07) is 15.5. The maximum atomic E-state index is 12.7. The Labute approximate surface area is 218 Å². The fourth-order valence-electron chi connectivity index (χ4n) is 5.67. The maximum Gasteiger partial charge on any atom is 0.320 e. The van der Waals surface area contributed by atoms with E-state index in [1.807, 2.05) is 15.6 Å². The maximum absolute atomic E-state index is 12.7. The summed E-state index contributed by atoms with van der Waals surface area (Å²) in [6.45, 7) is 11.8. The van der Waals surface area contributed by atoms with Crippen LogP contribution in [0.2, 0.25) is 0 Å². The highest BCUT2D eigenvalue weighted by atomic mass is 16.2. The largest absolute Gasteiger partial charge is 0.369 e. The van der Waals surface area contributed by atoms with Crippen LogP contribution < -0.4 is 9.80 Å². The van der Waals surface area contributed by atoms with Gasteiger partial charge in [-0.15, -0.1) is 0 Å². The Morgan fingerprint density at radius 3 is 2.30 bits per heavy atom. The fraction of sp³-hybridized carbons (Fsp3) is 0.464. The van der Waals surface area contributed by atoms with Gasteiger partial charge in [-0.25, -0.2) is 9.31 Å². The lowest BCUT2D eigenvalue weighted by molar-refractivity contribution is 0.106. The number of rotatable bonds is 4. The molecule has 3 fully saturated rings. The minimum Gasteiger partial charge on any atom is -0.369 e. The molecule has 3 aliphatic heterocycles. The third-order valence-corrected chi connectivity index (χ3v) is 8.10. The molecule has 0 aliphatic carbocycles. The van der Waals surface area contributed by atoms with Crippen LogP contribution in [-0.4, -0.2) is 102 Å². The van der Waals surface area contributed by atoms with Gasteiger partial charge in [0.15, 0.2) is 0 Å². The molecule has 192 valence electrons. The number of nitrogens with zero attached hydrogens (tertiary/aromatic N) is 8. The number of carbonyl (C=O) groups is 1. The Hall–Kier alpha value is -3.77. The highest BCUT2D eigenvalue weighted by Crippen LogP contribution is 2.30. The van der Waals surface area contributed by atoms with E-state index < -0.39 is 0 Å². The van der Waals surface area contributed by atoms with Gasteiger partial charge in [0.25, 0.3) is 0 Å². The number of urea groups is 1. The van der Waals surface area contributed by atoms with Gasteiger partial charge < -0.3 is 24.5 Å². The molecule has 3 aliphatic rings. The summed E-state index contributed by atoms with van der Waals surface area (Å²) in [6.07, 6.45) is 3.95. The quantitative estimate of drug-likeness (QED) is 0.551. The Kier molecular flexibility index (Phi) is 6.35. The normalized spacial score (nSPS) is 19.2. The number of carbonyl (C=O) groups excluding carboxylic acids is 1. The second-order valence-electron chi connectivity index (χ2n) is 10.2. The van der Waals surface area contributed by atoms with Crippen molar-refractivity contribution in [3.63, 3.8) is 0 Å². The average molecular weight is 499 g/mol. The van der Waals surface area contributed by atoms with Crippen LogP contribution in [0, 0.1) is 17.2 Å². The van der Waals surface area contributed by atoms with E-state index in [1.165, 1.54) is 11.3 Å². The minimum atomic E-state index is -0.00775. The summed E-state index contributed by atoms with van der Waals surface area (Å²) in [5.41, 5.74) is 5.86. The molecule has 6 rings (SSSR count). The molecule has 0 spiro atoms. The number of piperazine rings is 2. The van der Waals surface area contributed by atoms with Crippen molar-refractivity contribution in [2.45, 2.75) is 6.92 Å². The van der Waals surface area contributed by atoms with Crippen LogP contribution in [0.3, 0.4) is 0 Å². The number of likely N-dealkylation sites (tertiary alicyclic amines) is 1. The van der Waals surface area contributed by atoms with E-state index in [2.05, 4.69) is 75.4 Å². The highest BCUT2D eigenvalue weighted by molar-refractivity contribution is 5.81. The third kappa shape index (κ3) is 4.58. The van der Waals surface area contributed by atoms with Crippen molar-refractivity contribution in [3.05, 3.63) is 48.8 Å². The van der Waals surface area contributed by atoms with Crippen LogP contribution in [0.1, 0.15) is 6.92 Å². The standard InChI is InChI=1S/C28H34N8O/c1-2-31-9-11-32(12-10-31)25-5-3-23(4-6-25)24-17-27-26(7-8-30-36(27)21-24)33-13-15-34(16-14-33)28(37)35-19-22(18-29)20-35/h3-8,17,21-22H,2,9-16,19-20H2,1H3. The lowest BCUT2D eigenvalue weighted by Crippen LogP contribution is -2.58. The summed E-state index contributed by atoms with van der Waals surface area (Å²) < 4.78 is 1.96. The van der Waals surface area contributed by atoms with E-state index in [-0.39, 0.29) is 11.9 Å². The fourth-order valence-corrected chi connectivity index (χ4v) is 5.67. The SMILES string of the molecule is CCN1CCN(c2ccc(-c3cc4c(N5CCN(C(=O)N6CC(C#N)C6)CC5)ccnn4c3)cc2)CC1. The molecule has 2 aromatic heterocycles. The summed E-state index contributed by atoms with van der Waals surface area (Å²) in [4.78, 5) is 23.7. The molecule has 9 heteroatoms. The number of hydrogen-bond donors (Lipinski definition) is 0. The van der Waals surface area contributed by atoms with Crippen molar-refractivity contribution in [1.82, 2.24) is 24.3 Å². The molecule has 1 aromatic carbocycles. The lowest BCUT2D eigenvalue weighted by atomic mass is 10.0. The van der Waals surface area contributed by atoms with Crippen molar-refractivity contribution in [3.8, 4) is 17.2 Å². The van der Waals surface area contributed by atoms with E-state index in [4.69, 9.17) is 5.26 Å². The monoisotopic (exact) mass is 498 g/mol. The number of fused-ring (bicyclic) bond motifs is 1. The van der Waals surface area contributed by atoms with Gasteiger partial charge in [-0.3, -0.25) is 0 Å². The molecule has 2 amide bonds. The second kappa shape index (κ2) is 9.94. The van der Waals surface area contributed by atoms with E-state index in [9.17, 15) is 4.79 Å². The number of amides is 2. The molecule has 0 atom stereocenters. The van der Waals surface area contributed by atoms with Crippen LogP contribution in [0.15, 0.2) is 48.8 Å². The summed E-state index contributed by atoms with van der Waals surface area (Å²) in [5.74, 6) is -0.00775. The van der Waals surface area contributed by atoms with Crippen LogP contribution in [0.25, 0.3) is 16.6 Å². The molecule has 0 radical (unpaired) electrons. The lowest BCUT2D eigenvalue weighted by Gasteiger charge is -2.42. The molecular weight excluding hydrogens is 464 g/mol. The first-order valence-electron chi connectivity index (χ1n) is 13.4. The molecule has 9 nitrogen and oxygen atoms in total. The van der Waals surface area contributed by atoms with Crippen molar-refractivity contribution < 1.29 is 4.79 Å². The molecule has 37 heavy (non-hydrogen) atoms. The number of anilines is 2. The van der Waals surface area contributed by atoms with Gasteiger partial charge >= 0.3 is 6.03 Å². The highest BCUT2D eigenvalue weighted by Gasteiger charge is 2.34. The van der Waals surface area contributed by atoms with Gasteiger partial charge in [-0.05, 0) is 36.4 Å². The zero-order valence-corrected chi connectivity index (χ0v) is 21.5. The smallest absolute Gasteiger partial charge is 0.320 e. The molecule has 0 saturated carbocycles. The van der Waals surface area contributed by atoms with Crippen LogP contribution in [-0.2, 0) is 0 Å². The first kappa shape index (κ1) is 23.6. The van der Waals surface area contributed by atoms with Crippen molar-refractivity contribution in [2.75, 3.05) is 81.8 Å². The summed E-state index contributed by atoms with van der Waals surface area (Å²) >= 11 is 0. The number of nitriles is 1. The van der Waals surface area contributed by atoms with Gasteiger partial charge in [0.2, 0.25) is 0 Å². The van der Waals surface area contributed by atoms with Gasteiger partial charge in [0, 0.05) is 89.1 Å². The Morgan fingerprint density at radius 2 is 1.62 bits per heavy atom. The molecule has 0 unspecified atom stereocenters. The van der Waals surface area contributed by atoms with Crippen molar-refractivity contribution in [1.29, 1.82) is 5.26 Å². The molecule has 3 saturated heterocycles. The van der Waals surface area contributed by atoms with E-state index in [0.717, 1.165) is 62.6 Å². The number of likely N-dealkylation sites (N-methyl/N-ethyl adjacent to an activating group) is 1. The van der Waals surface area contributed by atoms with E-state index >= 15 is 0 Å².